The molecule has 0 saturated heterocycles. The molecule has 0 saturated carbocycles. The standard InChI is InChI=1S/C12H12N2O4/c1-6(10(15)17-2)7-3-4-8-9(5-7)14-12(13)18-11(8)16/h3-6H,1-2H3,(H2,13,14). The summed E-state index contributed by atoms with van der Waals surface area (Å²) in [6, 6.07) is 4.65. The molecule has 0 aliphatic heterocycles. The van der Waals surface area contributed by atoms with Gasteiger partial charge in [-0.15, -0.1) is 0 Å². The lowest BCUT2D eigenvalue weighted by atomic mass is 10.0. The second kappa shape index (κ2) is 4.48. The Labute approximate surface area is 102 Å². The highest BCUT2D eigenvalue weighted by Gasteiger charge is 2.16. The number of carbonyl (C=O) groups excluding carboxylic acids is 1. The van der Waals surface area contributed by atoms with E-state index in [1.807, 2.05) is 0 Å². The van der Waals surface area contributed by atoms with Crippen molar-refractivity contribution >= 4 is 22.9 Å². The third kappa shape index (κ3) is 2.04. The zero-order valence-electron chi connectivity index (χ0n) is 9.97. The predicted molar refractivity (Wildman–Crippen MR) is 65.1 cm³/mol. The molecule has 0 aliphatic rings. The highest BCUT2D eigenvalue weighted by Crippen LogP contribution is 2.20. The largest absolute Gasteiger partial charge is 0.469 e. The first-order valence-corrected chi connectivity index (χ1v) is 5.31. The van der Waals surface area contributed by atoms with Crippen molar-refractivity contribution in [2.45, 2.75) is 12.8 Å². The maximum atomic E-state index is 11.5. The summed E-state index contributed by atoms with van der Waals surface area (Å²) >= 11 is 0. The van der Waals surface area contributed by atoms with Gasteiger partial charge in [0.05, 0.1) is 23.9 Å². The number of nitrogens with zero attached hydrogens (tertiary/aromatic N) is 1. The average Bonchev–Trinajstić information content (AvgIpc) is 2.36. The Kier molecular flexibility index (Phi) is 3.01. The lowest BCUT2D eigenvalue weighted by molar-refractivity contribution is -0.141. The summed E-state index contributed by atoms with van der Waals surface area (Å²) in [6.45, 7) is 1.71. The second-order valence-electron chi connectivity index (χ2n) is 3.86. The van der Waals surface area contributed by atoms with Crippen LogP contribution >= 0.6 is 0 Å². The van der Waals surface area contributed by atoms with E-state index in [2.05, 4.69) is 14.1 Å². The number of carbonyl (C=O) groups is 1. The minimum absolute atomic E-state index is 0.199. The van der Waals surface area contributed by atoms with Crippen LogP contribution in [0.2, 0.25) is 0 Å². The van der Waals surface area contributed by atoms with Gasteiger partial charge < -0.3 is 14.9 Å². The maximum absolute atomic E-state index is 11.5. The SMILES string of the molecule is COC(=O)C(C)c1ccc2c(=O)oc(N)nc2c1. The highest BCUT2D eigenvalue weighted by molar-refractivity contribution is 5.82. The fraction of sp³-hybridized carbons (Fsp3) is 0.250. The number of nitrogens with two attached hydrogens (primary N) is 1. The molecule has 2 N–H and O–H groups in total. The number of ether oxygens (including phenoxy) is 1. The molecule has 0 amide bonds. The van der Waals surface area contributed by atoms with Gasteiger partial charge in [-0.3, -0.25) is 4.79 Å². The van der Waals surface area contributed by atoms with Crippen LogP contribution in [0.5, 0.6) is 0 Å². The second-order valence-corrected chi connectivity index (χ2v) is 3.86. The van der Waals surface area contributed by atoms with Crippen molar-refractivity contribution in [2.24, 2.45) is 0 Å². The van der Waals surface area contributed by atoms with Gasteiger partial charge in [0.15, 0.2) is 0 Å². The molecule has 6 heteroatoms. The van der Waals surface area contributed by atoms with Gasteiger partial charge in [0.1, 0.15) is 0 Å². The predicted octanol–water partition coefficient (Wildman–Crippen LogP) is 1.05. The Balaban J connectivity index is 2.57. The van der Waals surface area contributed by atoms with Crippen molar-refractivity contribution in [3.8, 4) is 0 Å². The molecule has 1 aromatic carbocycles. The molecular weight excluding hydrogens is 236 g/mol. The van der Waals surface area contributed by atoms with E-state index < -0.39 is 11.5 Å². The Hall–Kier alpha value is -2.37. The number of hydrogen-bond donors (Lipinski definition) is 1. The van der Waals surface area contributed by atoms with Gasteiger partial charge in [-0.05, 0) is 24.6 Å². The van der Waals surface area contributed by atoms with Crippen LogP contribution in [0.1, 0.15) is 18.4 Å². The van der Waals surface area contributed by atoms with Crippen LogP contribution in [0.3, 0.4) is 0 Å². The summed E-state index contributed by atoms with van der Waals surface area (Å²) in [5.74, 6) is -0.792. The lowest BCUT2D eigenvalue weighted by Gasteiger charge is -2.09. The molecule has 2 rings (SSSR count). The van der Waals surface area contributed by atoms with Gasteiger partial charge in [0, 0.05) is 0 Å². The monoisotopic (exact) mass is 248 g/mol. The third-order valence-electron chi connectivity index (χ3n) is 2.72. The number of nitrogen functional groups attached to an aromatic ring is 1. The summed E-state index contributed by atoms with van der Waals surface area (Å²) in [5, 5.41) is 0.324. The van der Waals surface area contributed by atoms with Gasteiger partial charge in [-0.1, -0.05) is 6.07 Å². The molecule has 1 heterocycles. The molecule has 2 aromatic rings. The number of benzene rings is 1. The highest BCUT2D eigenvalue weighted by atomic mass is 16.5. The van der Waals surface area contributed by atoms with Gasteiger partial charge in [-0.25, -0.2) is 4.79 Å². The minimum Gasteiger partial charge on any atom is -0.469 e. The van der Waals surface area contributed by atoms with Gasteiger partial charge >= 0.3 is 11.6 Å². The normalized spacial score (nSPS) is 12.3. The first-order valence-electron chi connectivity index (χ1n) is 5.31. The van der Waals surface area contributed by atoms with Crippen LogP contribution in [0.15, 0.2) is 27.4 Å². The first-order chi connectivity index (χ1) is 8.52. The van der Waals surface area contributed by atoms with E-state index in [-0.39, 0.29) is 12.0 Å². The Morgan fingerprint density at radius 3 is 2.89 bits per heavy atom. The number of hydrogen-bond acceptors (Lipinski definition) is 6. The zero-order chi connectivity index (χ0) is 13.3. The molecule has 94 valence electrons. The van der Waals surface area contributed by atoms with Gasteiger partial charge in [0.2, 0.25) is 0 Å². The Morgan fingerprint density at radius 1 is 1.50 bits per heavy atom. The molecule has 0 fully saturated rings. The van der Waals surface area contributed by atoms with Crippen molar-refractivity contribution in [2.75, 3.05) is 12.8 Å². The fourth-order valence-corrected chi connectivity index (χ4v) is 1.69. The van der Waals surface area contributed by atoms with Crippen molar-refractivity contribution in [3.63, 3.8) is 0 Å². The van der Waals surface area contributed by atoms with E-state index in [0.29, 0.717) is 16.5 Å². The topological polar surface area (TPSA) is 95.4 Å². The van der Waals surface area contributed by atoms with Gasteiger partial charge in [-0.2, -0.15) is 4.98 Å². The molecule has 0 bridgehead atoms. The molecule has 1 atom stereocenters. The van der Waals surface area contributed by atoms with Crippen molar-refractivity contribution in [3.05, 3.63) is 34.2 Å². The summed E-state index contributed by atoms with van der Waals surface area (Å²) < 4.78 is 9.34. The fourth-order valence-electron chi connectivity index (χ4n) is 1.69. The van der Waals surface area contributed by atoms with E-state index in [1.54, 1.807) is 25.1 Å². The van der Waals surface area contributed by atoms with E-state index in [4.69, 9.17) is 5.73 Å². The van der Waals surface area contributed by atoms with Crippen molar-refractivity contribution in [1.82, 2.24) is 4.98 Å². The summed E-state index contributed by atoms with van der Waals surface area (Å²) in [7, 11) is 1.32. The minimum atomic E-state index is -0.547. The number of anilines is 1. The molecule has 0 radical (unpaired) electrons. The van der Waals surface area contributed by atoms with Crippen molar-refractivity contribution < 1.29 is 13.9 Å². The van der Waals surface area contributed by atoms with Crippen LogP contribution in [0, 0.1) is 0 Å². The number of esters is 1. The molecule has 1 unspecified atom stereocenters. The number of fused-ring (bicyclic) bond motifs is 1. The first kappa shape index (κ1) is 12.1. The summed E-state index contributed by atoms with van der Waals surface area (Å²) in [5.41, 5.74) is 5.92. The van der Waals surface area contributed by atoms with E-state index >= 15 is 0 Å². The average molecular weight is 248 g/mol. The molecule has 6 nitrogen and oxygen atoms in total. The summed E-state index contributed by atoms with van der Waals surface area (Å²) in [6.07, 6.45) is 0. The number of methoxy groups -OCH3 is 1. The van der Waals surface area contributed by atoms with Crippen LogP contribution in [-0.2, 0) is 9.53 Å². The Bertz CT molecular complexity index is 663. The quantitative estimate of drug-likeness (QED) is 0.798. The number of aromatic nitrogens is 1. The van der Waals surface area contributed by atoms with Crippen LogP contribution in [0.4, 0.5) is 6.01 Å². The van der Waals surface area contributed by atoms with Crippen molar-refractivity contribution in [1.29, 1.82) is 0 Å². The Morgan fingerprint density at radius 2 is 2.22 bits per heavy atom. The van der Waals surface area contributed by atoms with Gasteiger partial charge in [0.25, 0.3) is 6.01 Å². The van der Waals surface area contributed by atoms with E-state index in [9.17, 15) is 9.59 Å². The van der Waals surface area contributed by atoms with Crippen LogP contribution in [-0.4, -0.2) is 18.1 Å². The molecule has 0 spiro atoms. The molecule has 1 aromatic heterocycles. The van der Waals surface area contributed by atoms with Crippen LogP contribution in [0.25, 0.3) is 10.9 Å². The smallest absolute Gasteiger partial charge is 0.348 e. The lowest BCUT2D eigenvalue weighted by Crippen LogP contribution is -2.11. The molecule has 18 heavy (non-hydrogen) atoms. The van der Waals surface area contributed by atoms with E-state index in [1.165, 1.54) is 7.11 Å². The molecular formula is C12H12N2O4. The van der Waals surface area contributed by atoms with E-state index in [0.717, 1.165) is 0 Å². The van der Waals surface area contributed by atoms with Crippen LogP contribution < -0.4 is 11.4 Å². The number of rotatable bonds is 2. The molecule has 0 aliphatic carbocycles. The summed E-state index contributed by atoms with van der Waals surface area (Å²) in [4.78, 5) is 26.9. The maximum Gasteiger partial charge on any atom is 0.348 e. The zero-order valence-corrected chi connectivity index (χ0v) is 9.97. The third-order valence-corrected chi connectivity index (χ3v) is 2.72.